The van der Waals surface area contributed by atoms with E-state index >= 15 is 0 Å². The van der Waals surface area contributed by atoms with Gasteiger partial charge in [-0.2, -0.15) is 15.0 Å². The first-order valence-corrected chi connectivity index (χ1v) is 10.3. The third-order valence-corrected chi connectivity index (χ3v) is 5.83. The van der Waals surface area contributed by atoms with Crippen LogP contribution in [0.3, 0.4) is 0 Å². The summed E-state index contributed by atoms with van der Waals surface area (Å²) in [6, 6.07) is 0. The van der Waals surface area contributed by atoms with Gasteiger partial charge in [-0.3, -0.25) is 0 Å². The van der Waals surface area contributed by atoms with Gasteiger partial charge in [0.1, 0.15) is 11.2 Å². The molecule has 12 heteroatoms. The zero-order valence-corrected chi connectivity index (χ0v) is 15.6. The quantitative estimate of drug-likeness (QED) is 0.701. The Morgan fingerprint density at radius 3 is 2.30 bits per heavy atom. The van der Waals surface area contributed by atoms with E-state index < -0.39 is 10.0 Å². The number of hydrogen-bond donors (Lipinski definition) is 1. The molecule has 2 aliphatic rings. The molecule has 0 aliphatic carbocycles. The van der Waals surface area contributed by atoms with Gasteiger partial charge in [0.15, 0.2) is 5.82 Å². The lowest BCUT2D eigenvalue weighted by molar-refractivity contribution is 0.122. The molecule has 0 unspecified atom stereocenters. The summed E-state index contributed by atoms with van der Waals surface area (Å²) < 4.78 is 37.0. The molecule has 0 aromatic carbocycles. The number of hydrogen-bond acceptors (Lipinski definition) is 10. The number of aromatic nitrogens is 4. The maximum Gasteiger partial charge on any atom is 0.245 e. The molecule has 2 saturated heterocycles. The molecule has 2 aromatic rings. The Kier molecular flexibility index (Phi) is 5.18. The van der Waals surface area contributed by atoms with Crippen LogP contribution in [0.25, 0.3) is 0 Å². The Labute approximate surface area is 156 Å². The van der Waals surface area contributed by atoms with Gasteiger partial charge in [-0.05, 0) is 12.8 Å². The van der Waals surface area contributed by atoms with E-state index in [1.807, 2.05) is 4.90 Å². The normalized spacial score (nSPS) is 18.2. The highest BCUT2D eigenvalue weighted by molar-refractivity contribution is 7.89. The summed E-state index contributed by atoms with van der Waals surface area (Å²) in [5, 5.41) is 3.42. The van der Waals surface area contributed by atoms with Crippen LogP contribution in [0, 0.1) is 0 Å². The Balaban J connectivity index is 1.57. The summed E-state index contributed by atoms with van der Waals surface area (Å²) in [7, 11) is -3.74. The number of ether oxygens (including phenoxy) is 1. The van der Waals surface area contributed by atoms with Gasteiger partial charge in [0.25, 0.3) is 0 Å². The predicted molar refractivity (Wildman–Crippen MR) is 94.8 cm³/mol. The predicted octanol–water partition coefficient (Wildman–Crippen LogP) is -0.225. The smallest absolute Gasteiger partial charge is 0.245 e. The van der Waals surface area contributed by atoms with Crippen LogP contribution in [0.1, 0.15) is 18.7 Å². The van der Waals surface area contributed by atoms with Gasteiger partial charge in [0.05, 0.1) is 26.0 Å². The molecule has 0 amide bonds. The number of anilines is 2. The molecule has 0 saturated carbocycles. The van der Waals surface area contributed by atoms with Gasteiger partial charge >= 0.3 is 0 Å². The van der Waals surface area contributed by atoms with Crippen LogP contribution < -0.4 is 14.5 Å². The maximum atomic E-state index is 12.3. The molecule has 4 heterocycles. The summed E-state index contributed by atoms with van der Waals surface area (Å²) in [6.45, 7) is 4.33. The van der Waals surface area contributed by atoms with Crippen molar-refractivity contribution in [2.45, 2.75) is 24.3 Å². The van der Waals surface area contributed by atoms with Crippen LogP contribution in [0.15, 0.2) is 21.9 Å². The number of nitrogens with zero attached hydrogens (tertiary/aromatic N) is 6. The third-order valence-electron chi connectivity index (χ3n) is 4.48. The van der Waals surface area contributed by atoms with E-state index in [1.54, 1.807) is 0 Å². The first-order valence-electron chi connectivity index (χ1n) is 8.83. The second kappa shape index (κ2) is 7.74. The third kappa shape index (κ3) is 4.17. The lowest BCUT2D eigenvalue weighted by Gasteiger charge is -2.28. The fourth-order valence-electron chi connectivity index (χ4n) is 3.01. The van der Waals surface area contributed by atoms with E-state index in [1.165, 1.54) is 0 Å². The van der Waals surface area contributed by atoms with E-state index in [9.17, 15) is 8.42 Å². The van der Waals surface area contributed by atoms with Gasteiger partial charge < -0.3 is 19.1 Å². The fourth-order valence-corrected chi connectivity index (χ4v) is 3.85. The zero-order valence-electron chi connectivity index (χ0n) is 14.7. The first-order chi connectivity index (χ1) is 13.1. The lowest BCUT2D eigenvalue weighted by atomic mass is 10.4. The van der Waals surface area contributed by atoms with Gasteiger partial charge in [-0.15, -0.1) is 0 Å². The van der Waals surface area contributed by atoms with E-state index in [-0.39, 0.29) is 11.4 Å². The van der Waals surface area contributed by atoms with E-state index in [0.717, 1.165) is 38.4 Å². The Hall–Kier alpha value is -2.31. The highest BCUT2D eigenvalue weighted by Crippen LogP contribution is 2.19. The van der Waals surface area contributed by atoms with Crippen molar-refractivity contribution >= 4 is 21.9 Å². The van der Waals surface area contributed by atoms with Crippen molar-refractivity contribution in [3.63, 3.8) is 0 Å². The van der Waals surface area contributed by atoms with Gasteiger partial charge in [-0.25, -0.2) is 13.1 Å². The number of sulfonamides is 1. The van der Waals surface area contributed by atoms with Crippen molar-refractivity contribution in [3.8, 4) is 0 Å². The largest absolute Gasteiger partial charge is 0.378 e. The van der Waals surface area contributed by atoms with Crippen LogP contribution in [-0.2, 0) is 21.3 Å². The molecule has 146 valence electrons. The molecule has 2 aliphatic heterocycles. The highest BCUT2D eigenvalue weighted by Gasteiger charge is 2.22. The molecule has 4 rings (SSSR count). The lowest BCUT2D eigenvalue weighted by Crippen LogP contribution is -2.38. The minimum Gasteiger partial charge on any atom is -0.378 e. The molecule has 0 atom stereocenters. The molecule has 0 spiro atoms. The SMILES string of the molecule is O=S(=O)(NCc1nc(N2CCCC2)nc(N2CCOCC2)n1)c1cnoc1. The van der Waals surface area contributed by atoms with Crippen LogP contribution in [-0.4, -0.2) is 67.9 Å². The molecule has 0 radical (unpaired) electrons. The van der Waals surface area contributed by atoms with Crippen LogP contribution in [0.4, 0.5) is 11.9 Å². The van der Waals surface area contributed by atoms with Crippen molar-refractivity contribution in [1.29, 1.82) is 0 Å². The molecule has 0 bridgehead atoms. The Bertz CT molecular complexity index is 862. The molecule has 11 nitrogen and oxygen atoms in total. The van der Waals surface area contributed by atoms with Gasteiger partial charge in [0, 0.05) is 26.2 Å². The number of morpholine rings is 1. The van der Waals surface area contributed by atoms with Crippen molar-refractivity contribution in [1.82, 2.24) is 24.8 Å². The van der Waals surface area contributed by atoms with Crippen LogP contribution in [0.2, 0.25) is 0 Å². The van der Waals surface area contributed by atoms with E-state index in [0.29, 0.717) is 44.0 Å². The summed E-state index contributed by atoms with van der Waals surface area (Å²) in [6.07, 6.45) is 4.40. The molecular weight excluding hydrogens is 374 g/mol. The van der Waals surface area contributed by atoms with Crippen molar-refractivity contribution in [3.05, 3.63) is 18.3 Å². The molecule has 27 heavy (non-hydrogen) atoms. The number of nitrogens with one attached hydrogen (secondary N) is 1. The zero-order chi connectivity index (χ0) is 18.7. The minimum atomic E-state index is -3.74. The molecule has 1 N–H and O–H groups in total. The van der Waals surface area contributed by atoms with Gasteiger partial charge in [0.2, 0.25) is 21.9 Å². The van der Waals surface area contributed by atoms with Crippen molar-refractivity contribution in [2.24, 2.45) is 0 Å². The van der Waals surface area contributed by atoms with Gasteiger partial charge in [-0.1, -0.05) is 5.16 Å². The average molecular weight is 395 g/mol. The maximum absolute atomic E-state index is 12.3. The molecule has 2 fully saturated rings. The van der Waals surface area contributed by atoms with Crippen LogP contribution >= 0.6 is 0 Å². The second-order valence-corrected chi connectivity index (χ2v) is 8.10. The number of rotatable bonds is 6. The van der Waals surface area contributed by atoms with Crippen LogP contribution in [0.5, 0.6) is 0 Å². The topological polar surface area (TPSA) is 127 Å². The fraction of sp³-hybridized carbons (Fsp3) is 0.600. The Morgan fingerprint density at radius 1 is 1.00 bits per heavy atom. The first kappa shape index (κ1) is 18.1. The Morgan fingerprint density at radius 2 is 1.67 bits per heavy atom. The summed E-state index contributed by atoms with van der Waals surface area (Å²) in [5.74, 6) is 1.51. The molecular formula is C15H21N7O4S. The minimum absolute atomic E-state index is 0.0373. The summed E-state index contributed by atoms with van der Waals surface area (Å²) in [5.41, 5.74) is 0. The average Bonchev–Trinajstić information content (AvgIpc) is 3.41. The molecule has 2 aromatic heterocycles. The van der Waals surface area contributed by atoms with E-state index in [4.69, 9.17) is 4.74 Å². The van der Waals surface area contributed by atoms with Crippen molar-refractivity contribution in [2.75, 3.05) is 49.2 Å². The monoisotopic (exact) mass is 395 g/mol. The standard InChI is InChI=1S/C15H21N7O4S/c23-27(24,12-9-16-26-11-12)17-10-13-18-14(21-3-1-2-4-21)20-15(19-13)22-5-7-25-8-6-22/h9,11,17H,1-8,10H2. The van der Waals surface area contributed by atoms with E-state index in [2.05, 4.69) is 34.3 Å². The van der Waals surface area contributed by atoms with Crippen molar-refractivity contribution < 1.29 is 17.7 Å². The summed E-state index contributed by atoms with van der Waals surface area (Å²) >= 11 is 0. The highest BCUT2D eigenvalue weighted by atomic mass is 32.2. The summed E-state index contributed by atoms with van der Waals surface area (Å²) in [4.78, 5) is 17.6. The second-order valence-electron chi connectivity index (χ2n) is 6.33.